The highest BCUT2D eigenvalue weighted by Crippen LogP contribution is 2.22. The summed E-state index contributed by atoms with van der Waals surface area (Å²) in [5.74, 6) is 1.34. The highest BCUT2D eigenvalue weighted by atomic mass is 16.4. The third-order valence-corrected chi connectivity index (χ3v) is 4.29. The van der Waals surface area contributed by atoms with E-state index in [2.05, 4.69) is 11.9 Å². The van der Waals surface area contributed by atoms with Gasteiger partial charge in [-0.05, 0) is 31.0 Å². The van der Waals surface area contributed by atoms with Gasteiger partial charge in [-0.25, -0.2) is 4.98 Å². The van der Waals surface area contributed by atoms with Crippen molar-refractivity contribution in [3.8, 4) is 11.5 Å². The second kappa shape index (κ2) is 8.48. The maximum atomic E-state index is 12.8. The van der Waals surface area contributed by atoms with Crippen LogP contribution in [0.5, 0.6) is 0 Å². The van der Waals surface area contributed by atoms with Crippen LogP contribution in [0.3, 0.4) is 0 Å². The van der Waals surface area contributed by atoms with E-state index in [0.29, 0.717) is 23.9 Å². The number of aromatic nitrogens is 1. The Bertz CT molecular complexity index is 841. The van der Waals surface area contributed by atoms with Crippen molar-refractivity contribution < 1.29 is 9.21 Å². The molecule has 0 saturated carbocycles. The molecule has 0 spiro atoms. The SMILES string of the molecule is CCCN(Cc1ccccc1)C(=O)Cc1nc(-c2ccccc2)oc1C. The number of nitrogens with zero attached hydrogens (tertiary/aromatic N) is 2. The molecule has 1 amide bonds. The van der Waals surface area contributed by atoms with Crippen LogP contribution in [0.15, 0.2) is 65.1 Å². The third kappa shape index (κ3) is 4.39. The molecule has 0 radical (unpaired) electrons. The van der Waals surface area contributed by atoms with Gasteiger partial charge in [0.25, 0.3) is 0 Å². The minimum absolute atomic E-state index is 0.0757. The fraction of sp³-hybridized carbons (Fsp3) is 0.273. The third-order valence-electron chi connectivity index (χ3n) is 4.29. The van der Waals surface area contributed by atoms with Crippen molar-refractivity contribution in [2.24, 2.45) is 0 Å². The van der Waals surface area contributed by atoms with Crippen molar-refractivity contribution in [1.82, 2.24) is 9.88 Å². The number of oxazole rings is 1. The molecule has 26 heavy (non-hydrogen) atoms. The zero-order chi connectivity index (χ0) is 18.4. The number of aryl methyl sites for hydroxylation is 1. The Morgan fingerprint density at radius 2 is 1.69 bits per heavy atom. The largest absolute Gasteiger partial charge is 0.441 e. The van der Waals surface area contributed by atoms with Crippen LogP contribution in [0.4, 0.5) is 0 Å². The number of hydrogen-bond donors (Lipinski definition) is 0. The summed E-state index contributed by atoms with van der Waals surface area (Å²) in [5, 5.41) is 0. The van der Waals surface area contributed by atoms with Gasteiger partial charge in [-0.1, -0.05) is 55.5 Å². The lowest BCUT2D eigenvalue weighted by atomic mass is 10.2. The molecule has 0 bridgehead atoms. The van der Waals surface area contributed by atoms with Crippen LogP contribution in [0.1, 0.15) is 30.4 Å². The summed E-state index contributed by atoms with van der Waals surface area (Å²) in [7, 11) is 0. The molecule has 1 aromatic heterocycles. The lowest BCUT2D eigenvalue weighted by molar-refractivity contribution is -0.131. The van der Waals surface area contributed by atoms with Crippen LogP contribution in [-0.4, -0.2) is 22.3 Å². The molecular weight excluding hydrogens is 324 g/mol. The van der Waals surface area contributed by atoms with Crippen LogP contribution >= 0.6 is 0 Å². The van der Waals surface area contributed by atoms with Crippen LogP contribution in [-0.2, 0) is 17.8 Å². The summed E-state index contributed by atoms with van der Waals surface area (Å²) in [4.78, 5) is 19.3. The van der Waals surface area contributed by atoms with E-state index in [-0.39, 0.29) is 12.3 Å². The standard InChI is InChI=1S/C22H24N2O2/c1-3-14-24(16-18-10-6-4-7-11-18)21(25)15-20-17(2)26-22(23-20)19-12-8-5-9-13-19/h4-13H,3,14-16H2,1-2H3. The Balaban J connectivity index is 1.74. The molecule has 0 unspecified atom stereocenters. The zero-order valence-corrected chi connectivity index (χ0v) is 15.3. The highest BCUT2D eigenvalue weighted by molar-refractivity contribution is 5.78. The Labute approximate surface area is 154 Å². The van der Waals surface area contributed by atoms with E-state index in [0.717, 1.165) is 24.1 Å². The fourth-order valence-corrected chi connectivity index (χ4v) is 2.92. The van der Waals surface area contributed by atoms with Crippen LogP contribution in [0, 0.1) is 6.92 Å². The van der Waals surface area contributed by atoms with Crippen molar-refractivity contribution in [2.45, 2.75) is 33.2 Å². The van der Waals surface area contributed by atoms with Crippen molar-refractivity contribution >= 4 is 5.91 Å². The smallest absolute Gasteiger partial charge is 0.229 e. The Morgan fingerprint density at radius 1 is 1.04 bits per heavy atom. The zero-order valence-electron chi connectivity index (χ0n) is 15.3. The van der Waals surface area contributed by atoms with Gasteiger partial charge in [-0.3, -0.25) is 4.79 Å². The molecule has 1 heterocycles. The van der Waals surface area contributed by atoms with E-state index in [1.165, 1.54) is 0 Å². The lowest BCUT2D eigenvalue weighted by Gasteiger charge is -2.22. The predicted octanol–water partition coefficient (Wildman–Crippen LogP) is 4.63. The lowest BCUT2D eigenvalue weighted by Crippen LogP contribution is -2.32. The van der Waals surface area contributed by atoms with Crippen LogP contribution in [0.25, 0.3) is 11.5 Å². The first-order chi connectivity index (χ1) is 12.7. The highest BCUT2D eigenvalue weighted by Gasteiger charge is 2.19. The number of carbonyl (C=O) groups excluding carboxylic acids is 1. The summed E-state index contributed by atoms with van der Waals surface area (Å²) in [5.41, 5.74) is 2.77. The summed E-state index contributed by atoms with van der Waals surface area (Å²) in [6, 6.07) is 19.8. The first-order valence-corrected chi connectivity index (χ1v) is 9.00. The molecule has 0 aliphatic rings. The number of carbonyl (C=O) groups is 1. The van der Waals surface area contributed by atoms with Gasteiger partial charge in [0.15, 0.2) is 0 Å². The summed E-state index contributed by atoms with van der Waals surface area (Å²) in [6.45, 7) is 5.30. The molecule has 0 N–H and O–H groups in total. The maximum absolute atomic E-state index is 12.8. The van der Waals surface area contributed by atoms with Gasteiger partial charge < -0.3 is 9.32 Å². The molecule has 2 aromatic carbocycles. The molecule has 0 aliphatic carbocycles. The predicted molar refractivity (Wildman–Crippen MR) is 103 cm³/mol. The average Bonchev–Trinajstić information content (AvgIpc) is 3.03. The monoisotopic (exact) mass is 348 g/mol. The van der Waals surface area contributed by atoms with E-state index in [9.17, 15) is 4.79 Å². The summed E-state index contributed by atoms with van der Waals surface area (Å²) < 4.78 is 5.78. The Hall–Kier alpha value is -2.88. The fourth-order valence-electron chi connectivity index (χ4n) is 2.92. The molecule has 3 aromatic rings. The van der Waals surface area contributed by atoms with Gasteiger partial charge in [-0.15, -0.1) is 0 Å². The molecular formula is C22H24N2O2. The van der Waals surface area contributed by atoms with Crippen LogP contribution < -0.4 is 0 Å². The van der Waals surface area contributed by atoms with E-state index in [1.807, 2.05) is 72.5 Å². The van der Waals surface area contributed by atoms with Crippen molar-refractivity contribution in [3.63, 3.8) is 0 Å². The van der Waals surface area contributed by atoms with Crippen molar-refractivity contribution in [1.29, 1.82) is 0 Å². The quantitative estimate of drug-likeness (QED) is 0.625. The molecule has 4 nitrogen and oxygen atoms in total. The topological polar surface area (TPSA) is 46.3 Å². The average molecular weight is 348 g/mol. The van der Waals surface area contributed by atoms with Gasteiger partial charge in [0.1, 0.15) is 5.76 Å². The van der Waals surface area contributed by atoms with E-state index >= 15 is 0 Å². The Kier molecular flexibility index (Phi) is 5.84. The molecule has 0 saturated heterocycles. The van der Waals surface area contributed by atoms with Gasteiger partial charge >= 0.3 is 0 Å². The van der Waals surface area contributed by atoms with Crippen molar-refractivity contribution in [3.05, 3.63) is 77.7 Å². The second-order valence-electron chi connectivity index (χ2n) is 6.37. The first-order valence-electron chi connectivity index (χ1n) is 9.00. The van der Waals surface area contributed by atoms with E-state index in [4.69, 9.17) is 4.42 Å². The van der Waals surface area contributed by atoms with Gasteiger partial charge in [0.2, 0.25) is 11.8 Å². The summed E-state index contributed by atoms with van der Waals surface area (Å²) >= 11 is 0. The van der Waals surface area contributed by atoms with Crippen LogP contribution in [0.2, 0.25) is 0 Å². The first kappa shape index (κ1) is 17.9. The van der Waals surface area contributed by atoms with Gasteiger partial charge in [-0.2, -0.15) is 0 Å². The summed E-state index contributed by atoms with van der Waals surface area (Å²) in [6.07, 6.45) is 1.18. The number of rotatable bonds is 7. The van der Waals surface area contributed by atoms with Gasteiger partial charge in [0.05, 0.1) is 12.1 Å². The number of amides is 1. The molecule has 0 fully saturated rings. The maximum Gasteiger partial charge on any atom is 0.229 e. The van der Waals surface area contributed by atoms with E-state index < -0.39 is 0 Å². The van der Waals surface area contributed by atoms with E-state index in [1.54, 1.807) is 0 Å². The normalized spacial score (nSPS) is 10.7. The van der Waals surface area contributed by atoms with Crippen molar-refractivity contribution in [2.75, 3.05) is 6.54 Å². The minimum atomic E-state index is 0.0757. The minimum Gasteiger partial charge on any atom is -0.441 e. The molecule has 0 atom stereocenters. The Morgan fingerprint density at radius 3 is 2.35 bits per heavy atom. The molecule has 4 heteroatoms. The molecule has 134 valence electrons. The number of hydrogen-bond acceptors (Lipinski definition) is 3. The number of benzene rings is 2. The second-order valence-corrected chi connectivity index (χ2v) is 6.37. The molecule has 0 aliphatic heterocycles. The van der Waals surface area contributed by atoms with Gasteiger partial charge in [0, 0.05) is 18.7 Å². The molecule has 3 rings (SSSR count).